The van der Waals surface area contributed by atoms with Crippen LogP contribution in [-0.2, 0) is 48.2 Å². The number of aryl methyl sites for hydroxylation is 3. The quantitative estimate of drug-likeness (QED) is 0.186. The molecule has 0 unspecified atom stereocenters. The van der Waals surface area contributed by atoms with Crippen molar-refractivity contribution < 1.29 is 50.5 Å². The molecule has 1 aromatic carbocycles. The molecule has 4 aromatic rings. The number of aromatic nitrogens is 4. The number of pyridine rings is 2. The molecule has 0 saturated carbocycles. The highest BCUT2D eigenvalue weighted by molar-refractivity contribution is 7.89. The molecule has 2 aliphatic rings. The summed E-state index contributed by atoms with van der Waals surface area (Å²) < 4.78 is 90.0. The van der Waals surface area contributed by atoms with Gasteiger partial charge in [-0.1, -0.05) is 18.2 Å². The van der Waals surface area contributed by atoms with Crippen LogP contribution < -0.4 is 4.74 Å². The maximum absolute atomic E-state index is 14.6. The molecule has 1 saturated heterocycles. The molecule has 3 aromatic heterocycles. The van der Waals surface area contributed by atoms with Gasteiger partial charge in [0, 0.05) is 43.6 Å². The van der Waals surface area contributed by atoms with Crippen LogP contribution in [0.25, 0.3) is 5.65 Å². The fourth-order valence-electron chi connectivity index (χ4n) is 7.37. The minimum atomic E-state index is -4.76. The number of carboxylic acid groups (broad SMARTS) is 1. The number of nitrogens with zero attached hydrogens (tertiary/aromatic N) is 5. The molecule has 1 fully saturated rings. The molecule has 1 spiro atoms. The van der Waals surface area contributed by atoms with Crippen molar-refractivity contribution in [2.45, 2.75) is 109 Å². The van der Waals surface area contributed by atoms with Crippen LogP contribution in [0.5, 0.6) is 5.88 Å². The first-order valence-electron chi connectivity index (χ1n) is 18.3. The van der Waals surface area contributed by atoms with Crippen LogP contribution in [0.2, 0.25) is 0 Å². The Hall–Kier alpha value is -4.61. The van der Waals surface area contributed by atoms with E-state index in [1.807, 2.05) is 6.92 Å². The molecule has 302 valence electrons. The molecule has 13 nitrogen and oxygen atoms in total. The second-order valence-electron chi connectivity index (χ2n) is 16.1. The van der Waals surface area contributed by atoms with Crippen molar-refractivity contribution in [3.63, 3.8) is 0 Å². The average Bonchev–Trinajstić information content (AvgIpc) is 3.52. The molecule has 6 rings (SSSR count). The Morgan fingerprint density at radius 1 is 1.02 bits per heavy atom. The van der Waals surface area contributed by atoms with E-state index in [9.17, 15) is 36.3 Å². The fraction of sp³-hybridized carbons (Fsp3) is 0.513. The summed E-state index contributed by atoms with van der Waals surface area (Å²) in [6.07, 6.45) is -2.56. The summed E-state index contributed by atoms with van der Waals surface area (Å²) in [4.78, 5) is 29.7. The van der Waals surface area contributed by atoms with Gasteiger partial charge in [0.1, 0.15) is 16.1 Å². The number of rotatable bonds is 9. The lowest BCUT2D eigenvalue weighted by Gasteiger charge is -2.38. The van der Waals surface area contributed by atoms with Crippen molar-refractivity contribution in [2.75, 3.05) is 19.8 Å². The third-order valence-corrected chi connectivity index (χ3v) is 12.3. The lowest BCUT2D eigenvalue weighted by molar-refractivity contribution is -0.155. The Balaban J connectivity index is 1.39. The van der Waals surface area contributed by atoms with Crippen LogP contribution in [0.4, 0.5) is 13.2 Å². The Labute approximate surface area is 323 Å². The molecule has 0 radical (unpaired) electrons. The summed E-state index contributed by atoms with van der Waals surface area (Å²) in [7, 11) is -4.24. The highest BCUT2D eigenvalue weighted by Gasteiger charge is 2.46. The van der Waals surface area contributed by atoms with Crippen molar-refractivity contribution in [2.24, 2.45) is 5.41 Å². The molecule has 1 N–H and O–H groups in total. The number of carbonyl (C=O) groups excluding carboxylic acids is 1. The van der Waals surface area contributed by atoms with Crippen molar-refractivity contribution in [3.05, 3.63) is 81.9 Å². The zero-order valence-corrected chi connectivity index (χ0v) is 33.2. The number of hydrogen-bond acceptors (Lipinski definition) is 10. The van der Waals surface area contributed by atoms with Crippen molar-refractivity contribution in [1.82, 2.24) is 23.9 Å². The third kappa shape index (κ3) is 8.11. The van der Waals surface area contributed by atoms with E-state index in [0.717, 1.165) is 9.96 Å². The Bertz CT molecular complexity index is 2280. The first-order chi connectivity index (χ1) is 26.0. The van der Waals surface area contributed by atoms with Gasteiger partial charge >= 0.3 is 18.1 Å². The zero-order chi connectivity index (χ0) is 41.0. The highest BCUT2D eigenvalue weighted by atomic mass is 32.2. The first-order valence-corrected chi connectivity index (χ1v) is 19.7. The standard InChI is InChI=1S/C39H46F3N5O8S/c1-23-8-9-25(31(37(6,7)35(49)50)28-14-17-47-32(24(28)2)44-45-34(47)39(40,41)42)20-26(23)21-46-22-38(15-18-53-19-16-38)55-33-29(56(46,51)52)12-10-27(43-33)11-13-30(48)54-36(3,4)5/h8-10,12,14,17,20,31H,11,13,15-16,18-19,21-22H2,1-7H3,(H,49,50)/t31-/m0/s1. The van der Waals surface area contributed by atoms with E-state index < -0.39 is 56.5 Å². The zero-order valence-electron chi connectivity index (χ0n) is 32.4. The number of halogens is 3. The number of alkyl halides is 3. The van der Waals surface area contributed by atoms with Crippen LogP contribution in [0, 0.1) is 19.3 Å². The summed E-state index contributed by atoms with van der Waals surface area (Å²) >= 11 is 0. The Morgan fingerprint density at radius 2 is 1.71 bits per heavy atom. The minimum Gasteiger partial charge on any atom is -0.481 e. The molecule has 0 aliphatic carbocycles. The van der Waals surface area contributed by atoms with Gasteiger partial charge in [-0.25, -0.2) is 13.4 Å². The lowest BCUT2D eigenvalue weighted by atomic mass is 9.70. The van der Waals surface area contributed by atoms with Gasteiger partial charge in [0.15, 0.2) is 5.65 Å². The SMILES string of the molecule is Cc1ccc([C@@H](c2ccn3c(C(F)(F)F)nnc3c2C)C(C)(C)C(=O)O)cc1CN1CC2(CCOCC2)Oc2nc(CCC(=O)OC(C)(C)C)ccc2S1(=O)=O. The van der Waals surface area contributed by atoms with Crippen molar-refractivity contribution in [3.8, 4) is 5.88 Å². The molecule has 5 heterocycles. The van der Waals surface area contributed by atoms with Gasteiger partial charge in [0.05, 0.1) is 31.6 Å². The second kappa shape index (κ2) is 14.7. The van der Waals surface area contributed by atoms with Gasteiger partial charge in [0.2, 0.25) is 21.7 Å². The minimum absolute atomic E-state index is 0.0276. The number of carboxylic acids is 1. The number of aliphatic carboxylic acids is 1. The molecule has 17 heteroatoms. The summed E-state index contributed by atoms with van der Waals surface area (Å²) in [5, 5.41) is 17.6. The van der Waals surface area contributed by atoms with Crippen LogP contribution in [0.1, 0.15) is 99.1 Å². The summed E-state index contributed by atoms with van der Waals surface area (Å²) in [5.74, 6) is -3.72. The van der Waals surface area contributed by atoms with Crippen molar-refractivity contribution >= 4 is 27.6 Å². The van der Waals surface area contributed by atoms with E-state index in [1.54, 1.807) is 52.0 Å². The van der Waals surface area contributed by atoms with Crippen LogP contribution in [-0.4, -0.2) is 80.3 Å². The summed E-state index contributed by atoms with van der Waals surface area (Å²) in [5.41, 5.74) is -0.133. The number of benzene rings is 1. The fourth-order valence-corrected chi connectivity index (χ4v) is 8.91. The van der Waals surface area contributed by atoms with Gasteiger partial charge in [-0.15, -0.1) is 10.2 Å². The predicted octanol–water partition coefficient (Wildman–Crippen LogP) is 6.41. The van der Waals surface area contributed by atoms with Crippen LogP contribution in [0.3, 0.4) is 0 Å². The summed E-state index contributed by atoms with van der Waals surface area (Å²) in [6.45, 7) is 12.3. The van der Waals surface area contributed by atoms with E-state index >= 15 is 0 Å². The third-order valence-electron chi connectivity index (χ3n) is 10.4. The molecule has 0 bridgehead atoms. The average molecular weight is 802 g/mol. The number of sulfonamides is 1. The monoisotopic (exact) mass is 801 g/mol. The molecular weight excluding hydrogens is 756 g/mol. The largest absolute Gasteiger partial charge is 0.481 e. The number of ether oxygens (including phenoxy) is 3. The molecule has 0 amide bonds. The summed E-state index contributed by atoms with van der Waals surface area (Å²) in [6, 6.07) is 9.74. The number of hydrogen-bond donors (Lipinski definition) is 1. The van der Waals surface area contributed by atoms with Gasteiger partial charge in [-0.05, 0) is 94.5 Å². The van der Waals surface area contributed by atoms with E-state index in [4.69, 9.17) is 14.2 Å². The van der Waals surface area contributed by atoms with E-state index in [1.165, 1.54) is 36.5 Å². The topological polar surface area (TPSA) is 163 Å². The van der Waals surface area contributed by atoms with Gasteiger partial charge < -0.3 is 19.3 Å². The smallest absolute Gasteiger partial charge is 0.452 e. The van der Waals surface area contributed by atoms with E-state index in [0.29, 0.717) is 54.0 Å². The molecule has 56 heavy (non-hydrogen) atoms. The Kier molecular flexibility index (Phi) is 10.8. The van der Waals surface area contributed by atoms with E-state index in [-0.39, 0.29) is 42.4 Å². The van der Waals surface area contributed by atoms with Gasteiger partial charge in [-0.3, -0.25) is 14.0 Å². The molecule has 1 atom stereocenters. The van der Waals surface area contributed by atoms with Crippen molar-refractivity contribution in [1.29, 1.82) is 0 Å². The number of carbonyl (C=O) groups is 2. The maximum atomic E-state index is 14.6. The number of esters is 1. The molecular formula is C39H46F3N5O8S. The van der Waals surface area contributed by atoms with E-state index in [2.05, 4.69) is 15.2 Å². The second-order valence-corrected chi connectivity index (χ2v) is 18.0. The lowest BCUT2D eigenvalue weighted by Crippen LogP contribution is -2.50. The van der Waals surface area contributed by atoms with Crippen LogP contribution in [0.15, 0.2) is 47.5 Å². The predicted molar refractivity (Wildman–Crippen MR) is 197 cm³/mol. The number of fused-ring (bicyclic) bond motifs is 2. The normalized spacial score (nSPS) is 17.9. The Morgan fingerprint density at radius 3 is 2.36 bits per heavy atom. The van der Waals surface area contributed by atoms with Gasteiger partial charge in [-0.2, -0.15) is 17.5 Å². The molecule has 2 aliphatic heterocycles. The van der Waals surface area contributed by atoms with Gasteiger partial charge in [0.25, 0.3) is 0 Å². The highest BCUT2D eigenvalue weighted by Crippen LogP contribution is 2.45. The van der Waals surface area contributed by atoms with Crippen LogP contribution >= 0.6 is 0 Å². The maximum Gasteiger partial charge on any atom is 0.452 e. The first kappa shape index (κ1) is 41.0.